The zero-order chi connectivity index (χ0) is 11.4. The molecule has 0 aromatic heterocycles. The molecule has 0 heterocycles. The van der Waals surface area contributed by atoms with Crippen molar-refractivity contribution in [2.75, 3.05) is 14.1 Å². The summed E-state index contributed by atoms with van der Waals surface area (Å²) in [5, 5.41) is 0. The van der Waals surface area contributed by atoms with Crippen molar-refractivity contribution in [1.82, 2.24) is 4.90 Å². The Kier molecular flexibility index (Phi) is 5.38. The number of rotatable bonds is 5. The van der Waals surface area contributed by atoms with Crippen molar-refractivity contribution < 1.29 is 0 Å². The summed E-state index contributed by atoms with van der Waals surface area (Å²) in [6.07, 6.45) is 4.34. The van der Waals surface area contributed by atoms with Gasteiger partial charge in [-0.2, -0.15) is 0 Å². The monoisotopic (exact) mass is 198 g/mol. The van der Waals surface area contributed by atoms with Crippen LogP contribution in [-0.2, 0) is 0 Å². The summed E-state index contributed by atoms with van der Waals surface area (Å²) < 4.78 is 0. The Balaban J connectivity index is 4.89. The quantitative estimate of drug-likeness (QED) is 0.687. The molecule has 0 aromatic carbocycles. The molecule has 0 aromatic rings. The van der Waals surface area contributed by atoms with E-state index in [0.29, 0.717) is 0 Å². The average molecular weight is 198 g/mol. The van der Waals surface area contributed by atoms with Gasteiger partial charge in [-0.1, -0.05) is 25.5 Å². The minimum atomic E-state index is 0.108. The molecule has 0 bridgehead atoms. The van der Waals surface area contributed by atoms with Crippen molar-refractivity contribution in [3.05, 3.63) is 11.6 Å². The summed E-state index contributed by atoms with van der Waals surface area (Å²) in [5.41, 5.74) is 7.66. The molecule has 14 heavy (non-hydrogen) atoms. The van der Waals surface area contributed by atoms with Crippen LogP contribution in [0.5, 0.6) is 0 Å². The van der Waals surface area contributed by atoms with Crippen LogP contribution in [0.3, 0.4) is 0 Å². The van der Waals surface area contributed by atoms with Crippen molar-refractivity contribution in [3.8, 4) is 0 Å². The van der Waals surface area contributed by atoms with Crippen molar-refractivity contribution in [3.63, 3.8) is 0 Å². The molecule has 1 unspecified atom stereocenters. The Morgan fingerprint density at radius 3 is 1.93 bits per heavy atom. The van der Waals surface area contributed by atoms with E-state index in [9.17, 15) is 0 Å². The number of nitrogens with zero attached hydrogens (tertiary/aromatic N) is 1. The maximum absolute atomic E-state index is 6.26. The molecule has 0 aliphatic rings. The Labute approximate surface area is 89.2 Å². The van der Waals surface area contributed by atoms with Gasteiger partial charge in [0.25, 0.3) is 0 Å². The van der Waals surface area contributed by atoms with E-state index in [1.54, 1.807) is 0 Å². The maximum atomic E-state index is 6.26. The van der Waals surface area contributed by atoms with Crippen molar-refractivity contribution in [1.29, 1.82) is 0 Å². The highest BCUT2D eigenvalue weighted by molar-refractivity contribution is 5.10. The largest absolute Gasteiger partial charge is 0.323 e. The van der Waals surface area contributed by atoms with E-state index in [2.05, 4.69) is 52.8 Å². The molecule has 1 atom stereocenters. The lowest BCUT2D eigenvalue weighted by Crippen LogP contribution is -2.56. The van der Waals surface area contributed by atoms with Crippen molar-refractivity contribution >= 4 is 0 Å². The summed E-state index contributed by atoms with van der Waals surface area (Å²) in [4.78, 5) is 2.26. The van der Waals surface area contributed by atoms with Crippen LogP contribution < -0.4 is 5.73 Å². The predicted molar refractivity (Wildman–Crippen MR) is 64.4 cm³/mol. The summed E-state index contributed by atoms with van der Waals surface area (Å²) in [6.45, 7) is 8.63. The van der Waals surface area contributed by atoms with Crippen LogP contribution in [0, 0.1) is 0 Å². The van der Waals surface area contributed by atoms with Gasteiger partial charge in [-0.3, -0.25) is 0 Å². The van der Waals surface area contributed by atoms with Crippen LogP contribution in [-0.4, -0.2) is 30.6 Å². The van der Waals surface area contributed by atoms with Gasteiger partial charge in [0.2, 0.25) is 0 Å². The molecule has 0 aliphatic heterocycles. The van der Waals surface area contributed by atoms with E-state index >= 15 is 0 Å². The Bertz CT molecular complexity index is 186. The molecule has 0 amide bonds. The number of nitrogens with two attached hydrogens (primary N) is 1. The lowest BCUT2D eigenvalue weighted by Gasteiger charge is -2.42. The second-order valence-electron chi connectivity index (χ2n) is 4.47. The Morgan fingerprint density at radius 1 is 1.29 bits per heavy atom. The van der Waals surface area contributed by atoms with Crippen LogP contribution in [0.15, 0.2) is 11.6 Å². The molecule has 0 fully saturated rings. The fourth-order valence-corrected chi connectivity index (χ4v) is 2.17. The first kappa shape index (κ1) is 13.7. The van der Waals surface area contributed by atoms with Gasteiger partial charge in [0.05, 0.1) is 0 Å². The molecule has 0 saturated heterocycles. The lowest BCUT2D eigenvalue weighted by atomic mass is 9.83. The SMILES string of the molecule is CCC(CC)(C(N)C=C(C)C)N(C)C. The van der Waals surface area contributed by atoms with Crippen LogP contribution in [0.2, 0.25) is 0 Å². The highest BCUT2D eigenvalue weighted by Gasteiger charge is 2.33. The van der Waals surface area contributed by atoms with Gasteiger partial charge in [-0.05, 0) is 40.8 Å². The highest BCUT2D eigenvalue weighted by atomic mass is 15.2. The van der Waals surface area contributed by atoms with E-state index in [1.165, 1.54) is 5.57 Å². The fourth-order valence-electron chi connectivity index (χ4n) is 2.17. The summed E-state index contributed by atoms with van der Waals surface area (Å²) in [6, 6.07) is 0.123. The molecule has 2 N–H and O–H groups in total. The van der Waals surface area contributed by atoms with Gasteiger partial charge in [0.15, 0.2) is 0 Å². The minimum Gasteiger partial charge on any atom is -0.323 e. The zero-order valence-corrected chi connectivity index (χ0v) is 10.6. The van der Waals surface area contributed by atoms with Crippen LogP contribution in [0.25, 0.3) is 0 Å². The number of hydrogen-bond donors (Lipinski definition) is 1. The van der Waals surface area contributed by atoms with Crippen molar-refractivity contribution in [2.45, 2.75) is 52.1 Å². The molecule has 0 rings (SSSR count). The fraction of sp³-hybridized carbons (Fsp3) is 0.833. The number of hydrogen-bond acceptors (Lipinski definition) is 2. The first-order valence-corrected chi connectivity index (χ1v) is 5.48. The van der Waals surface area contributed by atoms with E-state index < -0.39 is 0 Å². The zero-order valence-electron chi connectivity index (χ0n) is 10.6. The standard InChI is InChI=1S/C12H26N2/c1-7-12(8-2,14(5)6)11(13)9-10(3)4/h9,11H,7-8,13H2,1-6H3. The van der Waals surface area contributed by atoms with E-state index in [0.717, 1.165) is 12.8 Å². The third-order valence-electron chi connectivity index (χ3n) is 3.25. The lowest BCUT2D eigenvalue weighted by molar-refractivity contribution is 0.122. The normalized spacial score (nSPS) is 14.3. The first-order chi connectivity index (χ1) is 6.40. The third-order valence-corrected chi connectivity index (χ3v) is 3.25. The van der Waals surface area contributed by atoms with E-state index in [1.807, 2.05) is 0 Å². The number of allylic oxidation sites excluding steroid dienone is 1. The number of likely N-dealkylation sites (N-methyl/N-ethyl adjacent to an activating group) is 1. The van der Waals surface area contributed by atoms with Crippen LogP contribution >= 0.6 is 0 Å². The summed E-state index contributed by atoms with van der Waals surface area (Å²) in [5.74, 6) is 0. The van der Waals surface area contributed by atoms with Crippen molar-refractivity contribution in [2.24, 2.45) is 5.73 Å². The highest BCUT2D eigenvalue weighted by Crippen LogP contribution is 2.25. The van der Waals surface area contributed by atoms with Gasteiger partial charge in [0.1, 0.15) is 0 Å². The van der Waals surface area contributed by atoms with Gasteiger partial charge in [0, 0.05) is 11.6 Å². The molecule has 0 aliphatic carbocycles. The summed E-state index contributed by atoms with van der Waals surface area (Å²) in [7, 11) is 4.23. The maximum Gasteiger partial charge on any atom is 0.0413 e. The van der Waals surface area contributed by atoms with Gasteiger partial charge < -0.3 is 10.6 Å². The first-order valence-electron chi connectivity index (χ1n) is 5.48. The predicted octanol–water partition coefficient (Wildman–Crippen LogP) is 2.40. The smallest absolute Gasteiger partial charge is 0.0413 e. The van der Waals surface area contributed by atoms with Crippen LogP contribution in [0.1, 0.15) is 40.5 Å². The Morgan fingerprint density at radius 2 is 1.71 bits per heavy atom. The summed E-state index contributed by atoms with van der Waals surface area (Å²) >= 11 is 0. The average Bonchev–Trinajstić information content (AvgIpc) is 2.05. The topological polar surface area (TPSA) is 29.3 Å². The minimum absolute atomic E-state index is 0.108. The Hall–Kier alpha value is -0.340. The van der Waals surface area contributed by atoms with Gasteiger partial charge >= 0.3 is 0 Å². The van der Waals surface area contributed by atoms with Gasteiger partial charge in [-0.15, -0.1) is 0 Å². The second kappa shape index (κ2) is 5.52. The molecule has 2 nitrogen and oxygen atoms in total. The molecular formula is C12H26N2. The molecular weight excluding hydrogens is 172 g/mol. The van der Waals surface area contributed by atoms with Gasteiger partial charge in [-0.25, -0.2) is 0 Å². The molecule has 0 saturated carbocycles. The molecule has 0 spiro atoms. The van der Waals surface area contributed by atoms with E-state index in [-0.39, 0.29) is 11.6 Å². The third kappa shape index (κ3) is 2.82. The molecule has 84 valence electrons. The molecule has 0 radical (unpaired) electrons. The molecule has 2 heteroatoms. The second-order valence-corrected chi connectivity index (χ2v) is 4.47. The van der Waals surface area contributed by atoms with E-state index in [4.69, 9.17) is 5.73 Å². The van der Waals surface area contributed by atoms with Crippen LogP contribution in [0.4, 0.5) is 0 Å².